The molecule has 0 aliphatic carbocycles. The first-order valence-corrected chi connectivity index (χ1v) is 37.4. The molecule has 0 aliphatic heterocycles. The normalized spacial score (nSPS) is 12.6. The molecule has 9 heteroatoms. The molecule has 1 N–H and O–H groups in total. The molecule has 498 valence electrons. The molecule has 0 saturated heterocycles. The van der Waals surface area contributed by atoms with E-state index in [4.69, 9.17) is 18.9 Å². The van der Waals surface area contributed by atoms with Crippen LogP contribution in [0.5, 0.6) is 0 Å². The van der Waals surface area contributed by atoms with Gasteiger partial charge < -0.3 is 28.5 Å². The fourth-order valence-electron chi connectivity index (χ4n) is 11.5. The third-order valence-electron chi connectivity index (χ3n) is 17.3. The van der Waals surface area contributed by atoms with Crippen molar-refractivity contribution in [3.8, 4) is 0 Å². The summed E-state index contributed by atoms with van der Waals surface area (Å²) < 4.78 is 23.0. The van der Waals surface area contributed by atoms with E-state index >= 15 is 0 Å². The van der Waals surface area contributed by atoms with Crippen molar-refractivity contribution in [2.75, 3.05) is 47.5 Å². The van der Waals surface area contributed by atoms with E-state index in [0.29, 0.717) is 17.4 Å². The number of nitrogens with zero attached hydrogens (tertiary/aromatic N) is 1. The Morgan fingerprint density at radius 1 is 0.345 bits per heavy atom. The van der Waals surface area contributed by atoms with Crippen molar-refractivity contribution in [2.24, 2.45) is 0 Å². The van der Waals surface area contributed by atoms with Crippen LogP contribution in [0.3, 0.4) is 0 Å². The Kier molecular flexibility index (Phi) is 65.4. The van der Waals surface area contributed by atoms with E-state index < -0.39 is 18.4 Å². The maximum Gasteiger partial charge on any atom is 0.361 e. The van der Waals surface area contributed by atoms with E-state index in [0.717, 1.165) is 38.5 Å². The Morgan fingerprint density at radius 3 is 0.881 bits per heavy atom. The molecule has 0 radical (unpaired) electrons. The minimum atomic E-state index is -1.51. The zero-order chi connectivity index (χ0) is 61.2. The molecule has 0 aromatic rings. The Bertz CT molecular complexity index is 1380. The molecule has 2 unspecified atom stereocenters. The number of ether oxygens (including phenoxy) is 4. The van der Waals surface area contributed by atoms with Crippen molar-refractivity contribution in [1.82, 2.24) is 0 Å². The largest absolute Gasteiger partial charge is 0.477 e. The minimum absolute atomic E-state index is 0.173. The molecule has 0 aromatic heterocycles. The average Bonchev–Trinajstić information content (AvgIpc) is 3.51. The maximum atomic E-state index is 13.0. The van der Waals surface area contributed by atoms with Crippen LogP contribution >= 0.6 is 0 Å². The quantitative estimate of drug-likeness (QED) is 0.0211. The van der Waals surface area contributed by atoms with Gasteiger partial charge in [0.1, 0.15) is 13.2 Å². The lowest BCUT2D eigenvalue weighted by molar-refractivity contribution is -0.870. The summed E-state index contributed by atoms with van der Waals surface area (Å²) in [6, 6.07) is 0. The molecule has 0 amide bonds. The fourth-order valence-corrected chi connectivity index (χ4v) is 11.5. The highest BCUT2D eigenvalue weighted by molar-refractivity contribution is 5.71. The first kappa shape index (κ1) is 82.0. The Labute approximate surface area is 523 Å². The third kappa shape index (κ3) is 67.5. The summed E-state index contributed by atoms with van der Waals surface area (Å²) in [6.07, 6.45) is 79.2. The molecule has 0 aromatic carbocycles. The minimum Gasteiger partial charge on any atom is -0.477 e. The topological polar surface area (TPSA) is 108 Å². The van der Waals surface area contributed by atoms with Gasteiger partial charge in [-0.3, -0.25) is 9.59 Å². The van der Waals surface area contributed by atoms with Gasteiger partial charge in [-0.25, -0.2) is 4.79 Å². The van der Waals surface area contributed by atoms with Crippen LogP contribution in [-0.2, 0) is 33.3 Å². The van der Waals surface area contributed by atoms with Gasteiger partial charge in [0, 0.05) is 12.8 Å². The lowest BCUT2D eigenvalue weighted by atomic mass is 10.0. The SMILES string of the molecule is CCCCCCCCCC/C=C\CCCCCCCCCCCCCCCCCCCCCCCC(=O)OC(COC(=O)CCCCCCCCCCCCCCCCCCCCCCCCCCCC)COC(OCC[N+](C)(C)C)C(=O)O. The highest BCUT2D eigenvalue weighted by Crippen LogP contribution is 2.20. The van der Waals surface area contributed by atoms with Gasteiger partial charge in [0.15, 0.2) is 6.10 Å². The van der Waals surface area contributed by atoms with E-state index in [1.807, 2.05) is 21.1 Å². The number of carboxylic acid groups (broad SMARTS) is 1. The Hall–Kier alpha value is -1.97. The second kappa shape index (κ2) is 67.0. The van der Waals surface area contributed by atoms with Gasteiger partial charge in [0.2, 0.25) is 0 Å². The second-order valence-electron chi connectivity index (χ2n) is 27.0. The maximum absolute atomic E-state index is 13.0. The van der Waals surface area contributed by atoms with E-state index in [9.17, 15) is 19.5 Å². The molecule has 0 saturated carbocycles. The van der Waals surface area contributed by atoms with Gasteiger partial charge in [-0.1, -0.05) is 353 Å². The number of hydrogen-bond donors (Lipinski definition) is 1. The fraction of sp³-hybridized carbons (Fsp3) is 0.933. The summed E-state index contributed by atoms with van der Waals surface area (Å²) in [5.41, 5.74) is 0. The summed E-state index contributed by atoms with van der Waals surface area (Å²) in [7, 11) is 6.00. The van der Waals surface area contributed by atoms with Crippen molar-refractivity contribution < 1.29 is 42.9 Å². The highest BCUT2D eigenvalue weighted by Gasteiger charge is 2.25. The number of likely N-dealkylation sites (N-methyl/N-ethyl adjacent to an activating group) is 1. The van der Waals surface area contributed by atoms with Crippen LogP contribution in [0.2, 0.25) is 0 Å². The smallest absolute Gasteiger partial charge is 0.361 e. The van der Waals surface area contributed by atoms with Gasteiger partial charge in [0.05, 0.1) is 34.4 Å². The summed E-state index contributed by atoms with van der Waals surface area (Å²) in [5, 5.41) is 9.76. The van der Waals surface area contributed by atoms with Crippen LogP contribution in [-0.4, -0.2) is 87.4 Å². The Balaban J connectivity index is 4.00. The summed E-state index contributed by atoms with van der Waals surface area (Å²) in [6.45, 7) is 4.97. The number of rotatable bonds is 71. The standard InChI is InChI=1S/C75H145NO8/c1-6-8-10-12-14-16-18-20-22-24-26-28-30-32-34-35-36-37-38-39-40-42-44-46-48-50-52-54-56-58-60-62-64-66-73(78)84-71(70-83-75(74(79)80)81-68-67-76(3,4)5)69-82-72(77)65-63-61-59-57-55-53-51-49-47-45-43-41-33-31-29-27-25-23-21-19-17-15-13-11-9-7-2/h24,26,71,75H,6-23,25,27-70H2,1-5H3/p+1/b26-24-. The molecule has 84 heavy (non-hydrogen) atoms. The molecule has 0 bridgehead atoms. The van der Waals surface area contributed by atoms with Gasteiger partial charge in [0.25, 0.3) is 6.29 Å². The van der Waals surface area contributed by atoms with Gasteiger partial charge in [-0.15, -0.1) is 0 Å². The molecule has 0 spiro atoms. The van der Waals surface area contributed by atoms with Crippen molar-refractivity contribution in [3.05, 3.63) is 12.2 Å². The lowest BCUT2D eigenvalue weighted by Gasteiger charge is -2.25. The predicted molar refractivity (Wildman–Crippen MR) is 360 cm³/mol. The predicted octanol–water partition coefficient (Wildman–Crippen LogP) is 23.2. The number of esters is 2. The molecule has 0 heterocycles. The summed E-state index contributed by atoms with van der Waals surface area (Å²) in [5.74, 6) is -1.97. The van der Waals surface area contributed by atoms with E-state index in [-0.39, 0.29) is 38.2 Å². The van der Waals surface area contributed by atoms with Gasteiger partial charge in [-0.2, -0.15) is 0 Å². The zero-order valence-corrected chi connectivity index (χ0v) is 57.1. The molecule has 0 fully saturated rings. The van der Waals surface area contributed by atoms with Crippen molar-refractivity contribution in [3.63, 3.8) is 0 Å². The summed E-state index contributed by atoms with van der Waals surface area (Å²) >= 11 is 0. The first-order valence-electron chi connectivity index (χ1n) is 37.4. The number of carboxylic acids is 1. The summed E-state index contributed by atoms with van der Waals surface area (Å²) in [4.78, 5) is 37.7. The number of aliphatic carboxylic acids is 1. The molecular weight excluding hydrogens is 1040 g/mol. The number of quaternary nitrogens is 1. The molecular formula is C75H146NO8+. The molecule has 2 atom stereocenters. The van der Waals surface area contributed by atoms with Crippen LogP contribution in [0.25, 0.3) is 0 Å². The van der Waals surface area contributed by atoms with Gasteiger partial charge in [-0.05, 0) is 38.5 Å². The molecule has 0 rings (SSSR count). The highest BCUT2D eigenvalue weighted by atomic mass is 16.7. The van der Waals surface area contributed by atoms with Crippen LogP contribution < -0.4 is 0 Å². The molecule has 9 nitrogen and oxygen atoms in total. The average molecular weight is 1190 g/mol. The number of allylic oxidation sites excluding steroid dienone is 2. The van der Waals surface area contributed by atoms with E-state index in [1.54, 1.807) is 0 Å². The number of unbranched alkanes of at least 4 members (excludes halogenated alkanes) is 54. The Morgan fingerprint density at radius 2 is 0.607 bits per heavy atom. The lowest BCUT2D eigenvalue weighted by Crippen LogP contribution is -2.40. The van der Waals surface area contributed by atoms with Crippen LogP contribution in [0.4, 0.5) is 0 Å². The van der Waals surface area contributed by atoms with Gasteiger partial charge >= 0.3 is 17.9 Å². The van der Waals surface area contributed by atoms with Crippen LogP contribution in [0.1, 0.15) is 393 Å². The monoisotopic (exact) mass is 1190 g/mol. The number of carbonyl (C=O) groups excluding carboxylic acids is 2. The van der Waals surface area contributed by atoms with Crippen LogP contribution in [0, 0.1) is 0 Å². The van der Waals surface area contributed by atoms with Crippen molar-refractivity contribution >= 4 is 17.9 Å². The van der Waals surface area contributed by atoms with E-state index in [1.165, 1.54) is 327 Å². The van der Waals surface area contributed by atoms with E-state index in [2.05, 4.69) is 26.0 Å². The second-order valence-corrected chi connectivity index (χ2v) is 27.0. The number of hydrogen-bond acceptors (Lipinski definition) is 7. The number of carbonyl (C=O) groups is 3. The van der Waals surface area contributed by atoms with Crippen LogP contribution in [0.15, 0.2) is 12.2 Å². The first-order chi connectivity index (χ1) is 41.1. The van der Waals surface area contributed by atoms with Crippen molar-refractivity contribution in [1.29, 1.82) is 0 Å². The zero-order valence-electron chi connectivity index (χ0n) is 57.1. The van der Waals surface area contributed by atoms with Crippen molar-refractivity contribution in [2.45, 2.75) is 405 Å². The third-order valence-corrected chi connectivity index (χ3v) is 17.3. The molecule has 0 aliphatic rings.